The Hall–Kier alpha value is -1.56. The first kappa shape index (κ1) is 19.5. The highest BCUT2D eigenvalue weighted by Gasteiger charge is 2.72. The minimum absolute atomic E-state index is 0.720. The van der Waals surface area contributed by atoms with Crippen LogP contribution >= 0.6 is 12.6 Å². The minimum Gasteiger partial charge on any atom is -0.449 e. The molecule has 0 bridgehead atoms. The molecule has 23 heavy (non-hydrogen) atoms. The van der Waals surface area contributed by atoms with Gasteiger partial charge >= 0.3 is 12.2 Å². The lowest BCUT2D eigenvalue weighted by Gasteiger charge is -2.58. The Kier molecular flexibility index (Phi) is 5.21. The summed E-state index contributed by atoms with van der Waals surface area (Å²) in [4.78, 5) is 26.3. The summed E-state index contributed by atoms with van der Waals surface area (Å²) in [6.07, 6.45) is -1.38. The molecular formula is C12H21N3O7S. The van der Waals surface area contributed by atoms with Crippen molar-refractivity contribution in [3.63, 3.8) is 0 Å². The molecule has 0 aliphatic carbocycles. The van der Waals surface area contributed by atoms with E-state index in [2.05, 4.69) is 17.6 Å². The first-order valence-corrected chi connectivity index (χ1v) is 6.99. The van der Waals surface area contributed by atoms with E-state index in [9.17, 15) is 24.9 Å². The normalized spacial score (nSPS) is 35.6. The lowest BCUT2D eigenvalue weighted by Crippen LogP contribution is -2.76. The molecule has 0 saturated heterocycles. The molecule has 0 aromatic heterocycles. The van der Waals surface area contributed by atoms with Crippen molar-refractivity contribution >= 4 is 31.0 Å². The third kappa shape index (κ3) is 2.84. The van der Waals surface area contributed by atoms with Gasteiger partial charge in [-0.05, 0) is 13.8 Å². The highest BCUT2D eigenvalue weighted by molar-refractivity contribution is 7.82. The molecule has 0 saturated carbocycles. The third-order valence-electron chi connectivity index (χ3n) is 4.13. The summed E-state index contributed by atoms with van der Waals surface area (Å²) in [5, 5.41) is 30.7. The summed E-state index contributed by atoms with van der Waals surface area (Å²) >= 11 is 4.24. The number of aliphatic hydroxyl groups excluding tert-OH is 2. The molecule has 1 aliphatic heterocycles. The van der Waals surface area contributed by atoms with Crippen LogP contribution in [0.25, 0.3) is 0 Å². The maximum absolute atomic E-state index is 11.3. The number of carbonyl (C=O) groups excluding carboxylic acids is 2. The summed E-state index contributed by atoms with van der Waals surface area (Å²) < 4.78 is 7.86. The molecule has 3 unspecified atom stereocenters. The Bertz CT molecular complexity index is 529. The number of aliphatic imine (C=N–C) groups is 1. The van der Waals surface area contributed by atoms with Gasteiger partial charge in [-0.1, -0.05) is 0 Å². The molecule has 0 aromatic carbocycles. The Balaban J connectivity index is 3.63. The van der Waals surface area contributed by atoms with Crippen LogP contribution in [0.1, 0.15) is 13.8 Å². The van der Waals surface area contributed by atoms with Gasteiger partial charge in [0, 0.05) is 6.21 Å². The van der Waals surface area contributed by atoms with E-state index in [1.165, 1.54) is 20.1 Å². The molecule has 2 amide bonds. The lowest BCUT2D eigenvalue weighted by molar-refractivity contribution is -0.297. The molecule has 1 heterocycles. The standard InChI is InChI=1S/C12H21N3O7S/c1-9(2)12(20,22-8(14)19)10(4-16,6-21-7(13)18)11(23,5-17)3-15-9/h3,16-17,20,23H,4-6H2,1-2H3,(H2,13,18)(H2,14,19). The Morgan fingerprint density at radius 2 is 1.78 bits per heavy atom. The zero-order chi connectivity index (χ0) is 18.1. The topological polar surface area (TPSA) is 178 Å². The van der Waals surface area contributed by atoms with Crippen molar-refractivity contribution in [1.82, 2.24) is 0 Å². The molecule has 0 radical (unpaired) electrons. The van der Waals surface area contributed by atoms with Gasteiger partial charge in [-0.3, -0.25) is 4.99 Å². The van der Waals surface area contributed by atoms with Crippen LogP contribution in [-0.4, -0.2) is 69.6 Å². The first-order chi connectivity index (χ1) is 10.4. The highest BCUT2D eigenvalue weighted by atomic mass is 32.1. The number of hydrogen-bond acceptors (Lipinski definition) is 9. The number of nitrogens with two attached hydrogens (primary N) is 2. The van der Waals surface area contributed by atoms with Crippen LogP contribution in [0.3, 0.4) is 0 Å². The van der Waals surface area contributed by atoms with Crippen LogP contribution in [0.4, 0.5) is 9.59 Å². The molecule has 10 nitrogen and oxygen atoms in total. The number of rotatable bonds is 5. The SMILES string of the molecule is CC1(C)N=CC(S)(CO)C(CO)(COC(N)=O)C1(O)OC(N)=O. The van der Waals surface area contributed by atoms with E-state index in [4.69, 9.17) is 20.9 Å². The Labute approximate surface area is 137 Å². The fraction of sp³-hybridized carbons (Fsp3) is 0.750. The maximum atomic E-state index is 11.3. The molecule has 0 aromatic rings. The largest absolute Gasteiger partial charge is 0.449 e. The summed E-state index contributed by atoms with van der Waals surface area (Å²) in [5.74, 6) is -2.56. The van der Waals surface area contributed by atoms with Crippen molar-refractivity contribution in [2.24, 2.45) is 21.9 Å². The van der Waals surface area contributed by atoms with Gasteiger partial charge in [0.25, 0.3) is 5.79 Å². The van der Waals surface area contributed by atoms with Gasteiger partial charge in [-0.15, -0.1) is 0 Å². The number of ether oxygens (including phenoxy) is 2. The van der Waals surface area contributed by atoms with Crippen molar-refractivity contribution in [2.75, 3.05) is 19.8 Å². The van der Waals surface area contributed by atoms with E-state index < -0.39 is 53.5 Å². The van der Waals surface area contributed by atoms with Gasteiger partial charge in [0.15, 0.2) is 0 Å². The summed E-state index contributed by atoms with van der Waals surface area (Å²) in [5.41, 5.74) is 6.45. The van der Waals surface area contributed by atoms with Crippen LogP contribution in [-0.2, 0) is 9.47 Å². The van der Waals surface area contributed by atoms with E-state index in [0.29, 0.717) is 0 Å². The van der Waals surface area contributed by atoms with Crippen molar-refractivity contribution in [2.45, 2.75) is 29.9 Å². The zero-order valence-electron chi connectivity index (χ0n) is 12.7. The molecule has 0 fully saturated rings. The van der Waals surface area contributed by atoms with Crippen molar-refractivity contribution < 1.29 is 34.4 Å². The molecule has 3 atom stereocenters. The van der Waals surface area contributed by atoms with Gasteiger partial charge in [0.2, 0.25) is 0 Å². The van der Waals surface area contributed by atoms with Gasteiger partial charge in [-0.2, -0.15) is 12.6 Å². The second-order valence-electron chi connectivity index (χ2n) is 5.81. The summed E-state index contributed by atoms with van der Waals surface area (Å²) in [6, 6.07) is 0. The fourth-order valence-corrected chi connectivity index (χ4v) is 2.97. The van der Waals surface area contributed by atoms with Crippen LogP contribution in [0.15, 0.2) is 4.99 Å². The second-order valence-corrected chi connectivity index (χ2v) is 6.61. The third-order valence-corrected chi connectivity index (χ3v) is 4.81. The average Bonchev–Trinajstić information content (AvgIpc) is 2.43. The number of primary amides is 2. The molecule has 1 rings (SSSR count). The van der Waals surface area contributed by atoms with Gasteiger partial charge in [0.05, 0.1) is 18.0 Å². The molecule has 1 aliphatic rings. The Morgan fingerprint density at radius 3 is 2.17 bits per heavy atom. The number of aliphatic hydroxyl groups is 3. The molecule has 11 heteroatoms. The maximum Gasteiger partial charge on any atom is 0.407 e. The van der Waals surface area contributed by atoms with E-state index in [1.54, 1.807) is 0 Å². The molecule has 132 valence electrons. The van der Waals surface area contributed by atoms with E-state index in [-0.39, 0.29) is 0 Å². The number of amides is 2. The van der Waals surface area contributed by atoms with Crippen LogP contribution < -0.4 is 11.5 Å². The minimum atomic E-state index is -2.56. The van der Waals surface area contributed by atoms with E-state index in [0.717, 1.165) is 0 Å². The number of nitrogens with zero attached hydrogens (tertiary/aromatic N) is 1. The molecule has 7 N–H and O–H groups in total. The Morgan fingerprint density at radius 1 is 1.22 bits per heavy atom. The van der Waals surface area contributed by atoms with Crippen LogP contribution in [0.5, 0.6) is 0 Å². The highest BCUT2D eigenvalue weighted by Crippen LogP contribution is 2.53. The number of hydrogen-bond donors (Lipinski definition) is 6. The quantitative estimate of drug-likeness (QED) is 0.254. The van der Waals surface area contributed by atoms with Crippen molar-refractivity contribution in [3.8, 4) is 0 Å². The lowest BCUT2D eigenvalue weighted by atomic mass is 9.62. The second kappa shape index (κ2) is 6.15. The molecular weight excluding hydrogens is 330 g/mol. The molecule has 0 spiro atoms. The fourth-order valence-electron chi connectivity index (χ4n) is 2.63. The van der Waals surface area contributed by atoms with Gasteiger partial charge in [-0.25, -0.2) is 9.59 Å². The van der Waals surface area contributed by atoms with E-state index >= 15 is 0 Å². The number of carbonyl (C=O) groups is 2. The van der Waals surface area contributed by atoms with Crippen LogP contribution in [0.2, 0.25) is 0 Å². The zero-order valence-corrected chi connectivity index (χ0v) is 13.6. The smallest absolute Gasteiger partial charge is 0.407 e. The van der Waals surface area contributed by atoms with Crippen LogP contribution in [0, 0.1) is 5.41 Å². The van der Waals surface area contributed by atoms with Crippen molar-refractivity contribution in [3.05, 3.63) is 0 Å². The predicted molar refractivity (Wildman–Crippen MR) is 82.0 cm³/mol. The average molecular weight is 351 g/mol. The summed E-state index contributed by atoms with van der Waals surface area (Å²) in [6.45, 7) is 0.437. The predicted octanol–water partition coefficient (Wildman–Crippen LogP) is -1.63. The van der Waals surface area contributed by atoms with E-state index in [1.807, 2.05) is 0 Å². The van der Waals surface area contributed by atoms with Gasteiger partial charge in [0.1, 0.15) is 17.6 Å². The number of thiol groups is 1. The summed E-state index contributed by atoms with van der Waals surface area (Å²) in [7, 11) is 0. The monoisotopic (exact) mass is 351 g/mol. The first-order valence-electron chi connectivity index (χ1n) is 6.55. The van der Waals surface area contributed by atoms with Gasteiger partial charge < -0.3 is 36.3 Å². The van der Waals surface area contributed by atoms with Crippen molar-refractivity contribution in [1.29, 1.82) is 0 Å².